The van der Waals surface area contributed by atoms with Crippen molar-refractivity contribution in [3.05, 3.63) is 136 Å². The van der Waals surface area contributed by atoms with Crippen LogP contribution in [0.3, 0.4) is 0 Å². The maximum Gasteiger partial charge on any atom is 0.200 e. The molecule has 0 aliphatic heterocycles. The number of ketones is 2. The Morgan fingerprint density at radius 2 is 0.707 bits per heavy atom. The average molecular weight is 540 g/mol. The van der Waals surface area contributed by atoms with Gasteiger partial charge in [-0.25, -0.2) is 0 Å². The van der Waals surface area contributed by atoms with Gasteiger partial charge in [0.25, 0.3) is 0 Å². The molecular formula is C35H29N3O3. The van der Waals surface area contributed by atoms with E-state index >= 15 is 0 Å². The van der Waals surface area contributed by atoms with E-state index in [1.165, 1.54) is 6.07 Å². The molecule has 0 unspecified atom stereocenters. The van der Waals surface area contributed by atoms with Gasteiger partial charge in [-0.3, -0.25) is 9.59 Å². The van der Waals surface area contributed by atoms with Crippen LogP contribution in [0.2, 0.25) is 0 Å². The van der Waals surface area contributed by atoms with Gasteiger partial charge in [0.15, 0.2) is 11.6 Å². The standard InChI is InChI=1S/C35H29N3O3/c1-20-4-10-23(11-5-20)36-26-16-17-27(37-24-12-6-21(2)7-13-24)31-30(26)34(40)32-28(18-19-29(39)33(32)35(31)41)38-25-14-8-22(3)9-15-25/h4-19,36-39H,1-3H3. The van der Waals surface area contributed by atoms with Gasteiger partial charge in [0, 0.05) is 17.1 Å². The van der Waals surface area contributed by atoms with Gasteiger partial charge >= 0.3 is 0 Å². The summed E-state index contributed by atoms with van der Waals surface area (Å²) in [6.45, 7) is 6.00. The average Bonchev–Trinajstić information content (AvgIpc) is 2.96. The zero-order chi connectivity index (χ0) is 28.7. The monoisotopic (exact) mass is 539 g/mol. The van der Waals surface area contributed by atoms with Crippen molar-refractivity contribution in [3.63, 3.8) is 0 Å². The lowest BCUT2D eigenvalue weighted by Gasteiger charge is -2.26. The highest BCUT2D eigenvalue weighted by atomic mass is 16.3. The number of rotatable bonds is 6. The molecule has 0 saturated carbocycles. The smallest absolute Gasteiger partial charge is 0.200 e. The Bertz CT molecular complexity index is 1810. The van der Waals surface area contributed by atoms with Crippen molar-refractivity contribution in [1.29, 1.82) is 0 Å². The Morgan fingerprint density at radius 3 is 1.07 bits per heavy atom. The predicted octanol–water partition coefficient (Wildman–Crippen LogP) is 8.32. The SMILES string of the molecule is Cc1ccc(Nc2ccc(O)c3c2C(=O)c2c(Nc4ccc(C)cc4)ccc(Nc4ccc(C)cc4)c2C3=O)cc1. The molecular weight excluding hydrogens is 510 g/mol. The molecule has 1 aliphatic rings. The third-order valence-corrected chi connectivity index (χ3v) is 7.29. The van der Waals surface area contributed by atoms with E-state index in [0.717, 1.165) is 33.8 Å². The van der Waals surface area contributed by atoms with E-state index in [-0.39, 0.29) is 33.8 Å². The predicted molar refractivity (Wildman–Crippen MR) is 165 cm³/mol. The highest BCUT2D eigenvalue weighted by molar-refractivity contribution is 6.34. The van der Waals surface area contributed by atoms with Gasteiger partial charge < -0.3 is 21.1 Å². The van der Waals surface area contributed by atoms with Crippen molar-refractivity contribution in [2.24, 2.45) is 0 Å². The van der Waals surface area contributed by atoms with Crippen LogP contribution in [0, 0.1) is 20.8 Å². The summed E-state index contributed by atoms with van der Waals surface area (Å²) in [6, 6.07) is 30.0. The lowest BCUT2D eigenvalue weighted by Crippen LogP contribution is -2.25. The van der Waals surface area contributed by atoms with Gasteiger partial charge in [-0.15, -0.1) is 0 Å². The number of fused-ring (bicyclic) bond motifs is 2. The molecule has 0 amide bonds. The number of carbonyl (C=O) groups excluding carboxylic acids is 2. The van der Waals surface area contributed by atoms with E-state index < -0.39 is 5.78 Å². The highest BCUT2D eigenvalue weighted by Gasteiger charge is 2.38. The zero-order valence-electron chi connectivity index (χ0n) is 23.0. The molecule has 0 saturated heterocycles. The summed E-state index contributed by atoms with van der Waals surface area (Å²) in [6.07, 6.45) is 0. The molecule has 5 aromatic carbocycles. The molecule has 6 nitrogen and oxygen atoms in total. The van der Waals surface area contributed by atoms with Crippen molar-refractivity contribution in [2.45, 2.75) is 20.8 Å². The Labute approximate surface area is 238 Å². The molecule has 6 heteroatoms. The van der Waals surface area contributed by atoms with Crippen LogP contribution in [0.15, 0.2) is 97.1 Å². The molecule has 41 heavy (non-hydrogen) atoms. The molecule has 0 heterocycles. The Hall–Kier alpha value is -5.36. The van der Waals surface area contributed by atoms with Gasteiger partial charge in [0.05, 0.1) is 39.3 Å². The first-order valence-corrected chi connectivity index (χ1v) is 13.4. The number of aromatic hydroxyl groups is 1. The first-order chi connectivity index (χ1) is 19.8. The zero-order valence-corrected chi connectivity index (χ0v) is 23.0. The second kappa shape index (κ2) is 10.3. The second-order valence-corrected chi connectivity index (χ2v) is 10.4. The molecule has 4 N–H and O–H groups in total. The number of aryl methyl sites for hydroxylation is 3. The quantitative estimate of drug-likeness (QED) is 0.159. The van der Waals surface area contributed by atoms with Crippen molar-refractivity contribution in [2.75, 3.05) is 16.0 Å². The Balaban J connectivity index is 1.51. The lowest BCUT2D eigenvalue weighted by molar-refractivity contribution is 0.0978. The van der Waals surface area contributed by atoms with Gasteiger partial charge in [0.1, 0.15) is 5.75 Å². The molecule has 202 valence electrons. The first kappa shape index (κ1) is 25.9. The molecule has 6 rings (SSSR count). The van der Waals surface area contributed by atoms with Crippen molar-refractivity contribution in [3.8, 4) is 5.75 Å². The Morgan fingerprint density at radius 1 is 0.415 bits per heavy atom. The summed E-state index contributed by atoms with van der Waals surface area (Å²) in [4.78, 5) is 28.6. The largest absolute Gasteiger partial charge is 0.507 e. The fourth-order valence-corrected chi connectivity index (χ4v) is 5.07. The van der Waals surface area contributed by atoms with Crippen LogP contribution in [0.1, 0.15) is 48.5 Å². The maximum atomic E-state index is 14.4. The van der Waals surface area contributed by atoms with Gasteiger partial charge in [0.2, 0.25) is 0 Å². The molecule has 0 bridgehead atoms. The summed E-state index contributed by atoms with van der Waals surface area (Å²) in [5, 5.41) is 20.9. The number of carbonyl (C=O) groups is 2. The van der Waals surface area contributed by atoms with Crippen molar-refractivity contribution < 1.29 is 14.7 Å². The number of phenolic OH excluding ortho intramolecular Hbond substituents is 1. The molecule has 0 fully saturated rings. The van der Waals surface area contributed by atoms with Crippen LogP contribution in [0.5, 0.6) is 5.75 Å². The van der Waals surface area contributed by atoms with E-state index in [0.29, 0.717) is 17.1 Å². The molecule has 1 aliphatic carbocycles. The number of hydrogen-bond acceptors (Lipinski definition) is 6. The third kappa shape index (κ3) is 4.92. The minimum atomic E-state index is -0.429. The summed E-state index contributed by atoms with van der Waals surface area (Å²) >= 11 is 0. The van der Waals surface area contributed by atoms with Crippen LogP contribution in [0.4, 0.5) is 34.1 Å². The van der Waals surface area contributed by atoms with E-state index in [4.69, 9.17) is 0 Å². The highest BCUT2D eigenvalue weighted by Crippen LogP contribution is 2.43. The fourth-order valence-electron chi connectivity index (χ4n) is 5.07. The van der Waals surface area contributed by atoms with Crippen LogP contribution in [-0.2, 0) is 0 Å². The van der Waals surface area contributed by atoms with E-state index in [1.807, 2.05) is 93.6 Å². The van der Waals surface area contributed by atoms with Crippen molar-refractivity contribution >= 4 is 45.7 Å². The van der Waals surface area contributed by atoms with Crippen LogP contribution < -0.4 is 16.0 Å². The van der Waals surface area contributed by atoms with Crippen LogP contribution >= 0.6 is 0 Å². The van der Waals surface area contributed by atoms with Gasteiger partial charge in [-0.05, 0) is 81.4 Å². The fraction of sp³-hybridized carbons (Fsp3) is 0.0857. The number of hydrogen-bond donors (Lipinski definition) is 4. The van der Waals surface area contributed by atoms with E-state index in [9.17, 15) is 14.7 Å². The summed E-state index contributed by atoms with van der Waals surface area (Å²) in [5.41, 5.74) is 7.67. The number of phenols is 1. The number of nitrogens with one attached hydrogen (secondary N) is 3. The summed E-state index contributed by atoms with van der Waals surface area (Å²) in [7, 11) is 0. The van der Waals surface area contributed by atoms with Gasteiger partial charge in [-0.2, -0.15) is 0 Å². The molecule has 0 atom stereocenters. The maximum absolute atomic E-state index is 14.4. The van der Waals surface area contributed by atoms with E-state index in [1.54, 1.807) is 18.2 Å². The summed E-state index contributed by atoms with van der Waals surface area (Å²) in [5.74, 6) is -1.03. The molecule has 5 aromatic rings. The van der Waals surface area contributed by atoms with Gasteiger partial charge in [-0.1, -0.05) is 53.1 Å². The molecule has 0 radical (unpaired) electrons. The third-order valence-electron chi connectivity index (χ3n) is 7.29. The second-order valence-electron chi connectivity index (χ2n) is 10.4. The molecule has 0 aromatic heterocycles. The van der Waals surface area contributed by atoms with Crippen LogP contribution in [0.25, 0.3) is 0 Å². The van der Waals surface area contributed by atoms with Crippen molar-refractivity contribution in [1.82, 2.24) is 0 Å². The molecule has 0 spiro atoms. The Kier molecular flexibility index (Phi) is 6.52. The number of anilines is 6. The normalized spacial score (nSPS) is 12.0. The minimum Gasteiger partial charge on any atom is -0.507 e. The van der Waals surface area contributed by atoms with E-state index in [2.05, 4.69) is 16.0 Å². The van der Waals surface area contributed by atoms with Crippen LogP contribution in [-0.4, -0.2) is 16.7 Å². The summed E-state index contributed by atoms with van der Waals surface area (Å²) < 4.78 is 0. The lowest BCUT2D eigenvalue weighted by atomic mass is 9.80. The topological polar surface area (TPSA) is 90.5 Å². The first-order valence-electron chi connectivity index (χ1n) is 13.4. The number of benzene rings is 5. The minimum absolute atomic E-state index is 0.0148.